The molecule has 0 heterocycles. The molecule has 0 saturated heterocycles. The van der Waals surface area contributed by atoms with Crippen molar-refractivity contribution in [1.82, 2.24) is 0 Å². The Balaban J connectivity index is 1.69. The Labute approximate surface area is 187 Å². The van der Waals surface area contributed by atoms with Gasteiger partial charge in [-0.25, -0.2) is 9.59 Å². The van der Waals surface area contributed by atoms with Crippen LogP contribution in [0.15, 0.2) is 49.6 Å². The summed E-state index contributed by atoms with van der Waals surface area (Å²) in [7, 11) is 0. The quantitative estimate of drug-likeness (QED) is 0.308. The van der Waals surface area contributed by atoms with Crippen LogP contribution in [0.5, 0.6) is 11.5 Å². The van der Waals surface area contributed by atoms with Crippen molar-refractivity contribution in [2.24, 2.45) is 0 Å². The molecular formula is C26H28O6. The van der Waals surface area contributed by atoms with Gasteiger partial charge in [-0.1, -0.05) is 44.3 Å². The first-order chi connectivity index (χ1) is 15.5. The van der Waals surface area contributed by atoms with Gasteiger partial charge in [0.2, 0.25) is 0 Å². The van der Waals surface area contributed by atoms with E-state index in [4.69, 9.17) is 18.9 Å². The zero-order chi connectivity index (χ0) is 22.7. The van der Waals surface area contributed by atoms with E-state index in [1.807, 2.05) is 24.3 Å². The Kier molecular flexibility index (Phi) is 6.21. The molecule has 1 fully saturated rings. The van der Waals surface area contributed by atoms with Gasteiger partial charge in [-0.2, -0.15) is 0 Å². The van der Waals surface area contributed by atoms with Crippen LogP contribution in [0, 0.1) is 0 Å². The van der Waals surface area contributed by atoms with Gasteiger partial charge in [-0.3, -0.25) is 0 Å². The summed E-state index contributed by atoms with van der Waals surface area (Å²) in [5.41, 5.74) is 2.41. The molecule has 4 rings (SSSR count). The van der Waals surface area contributed by atoms with Crippen molar-refractivity contribution in [3.8, 4) is 11.5 Å². The third kappa shape index (κ3) is 3.97. The van der Waals surface area contributed by atoms with Crippen LogP contribution in [-0.4, -0.2) is 38.4 Å². The normalized spacial score (nSPS) is 20.5. The number of esters is 2. The Morgan fingerprint density at radius 3 is 2.12 bits per heavy atom. The average molecular weight is 437 g/mol. The van der Waals surface area contributed by atoms with Crippen LogP contribution in [0.25, 0.3) is 10.8 Å². The second kappa shape index (κ2) is 9.07. The molecular weight excluding hydrogens is 408 g/mol. The van der Waals surface area contributed by atoms with Gasteiger partial charge in [0.15, 0.2) is 0 Å². The minimum absolute atomic E-state index is 0.0184. The zero-order valence-electron chi connectivity index (χ0n) is 18.4. The third-order valence-electron chi connectivity index (χ3n) is 6.39. The monoisotopic (exact) mass is 436 g/mol. The largest absolute Gasteiger partial charge is 0.489 e. The van der Waals surface area contributed by atoms with E-state index < -0.39 is 11.9 Å². The van der Waals surface area contributed by atoms with E-state index in [1.165, 1.54) is 11.1 Å². The molecule has 2 unspecified atom stereocenters. The smallest absolute Gasteiger partial charge is 0.330 e. The predicted molar refractivity (Wildman–Crippen MR) is 121 cm³/mol. The molecule has 2 aromatic rings. The predicted octanol–water partition coefficient (Wildman–Crippen LogP) is 4.59. The topological polar surface area (TPSA) is 71.1 Å². The first kappa shape index (κ1) is 21.9. The molecule has 0 aliphatic heterocycles. The summed E-state index contributed by atoms with van der Waals surface area (Å²) in [6.07, 6.45) is 5.56. The molecule has 1 saturated carbocycles. The minimum Gasteiger partial charge on any atom is -0.489 e. The highest BCUT2D eigenvalue weighted by Gasteiger charge is 2.50. The summed E-state index contributed by atoms with van der Waals surface area (Å²) >= 11 is 0. The fourth-order valence-corrected chi connectivity index (χ4v) is 5.09. The van der Waals surface area contributed by atoms with Crippen LogP contribution >= 0.6 is 0 Å². The van der Waals surface area contributed by atoms with Gasteiger partial charge in [0.05, 0.1) is 0 Å². The zero-order valence-corrected chi connectivity index (χ0v) is 18.4. The molecule has 2 bridgehead atoms. The van der Waals surface area contributed by atoms with Crippen LogP contribution < -0.4 is 9.47 Å². The van der Waals surface area contributed by atoms with Crippen molar-refractivity contribution in [3.63, 3.8) is 0 Å². The van der Waals surface area contributed by atoms with Crippen LogP contribution in [-0.2, 0) is 24.5 Å². The molecule has 0 N–H and O–H groups in total. The molecule has 2 aromatic carbocycles. The number of hydrogen-bond acceptors (Lipinski definition) is 6. The highest BCUT2D eigenvalue weighted by Crippen LogP contribution is 2.63. The second-order valence-corrected chi connectivity index (χ2v) is 8.43. The van der Waals surface area contributed by atoms with Gasteiger partial charge in [0.25, 0.3) is 0 Å². The first-order valence-electron chi connectivity index (χ1n) is 10.9. The van der Waals surface area contributed by atoms with Gasteiger partial charge < -0.3 is 18.9 Å². The van der Waals surface area contributed by atoms with Crippen molar-refractivity contribution in [3.05, 3.63) is 60.7 Å². The van der Waals surface area contributed by atoms with Crippen LogP contribution in [0.3, 0.4) is 0 Å². The van der Waals surface area contributed by atoms with Crippen LogP contribution in [0.1, 0.15) is 43.2 Å². The van der Waals surface area contributed by atoms with E-state index >= 15 is 0 Å². The van der Waals surface area contributed by atoms with Gasteiger partial charge in [0.1, 0.15) is 37.9 Å². The Morgan fingerprint density at radius 1 is 0.969 bits per heavy atom. The Bertz CT molecular complexity index is 1070. The summed E-state index contributed by atoms with van der Waals surface area (Å²) in [4.78, 5) is 22.7. The lowest BCUT2D eigenvalue weighted by Crippen LogP contribution is -2.20. The number of benzene rings is 2. The molecule has 32 heavy (non-hydrogen) atoms. The molecule has 168 valence electrons. The standard InChI is InChI=1S/C26H28O6/c1-4-20(27)29-12-14-31-24-18-8-6-7-9-19(18)25(32-15-13-30-21(28)5-2)23-22(24)17-10-11-26(23,3)16-17/h4-9,17H,1-2,10-16H2,3H3. The van der Waals surface area contributed by atoms with E-state index in [-0.39, 0.29) is 31.8 Å². The van der Waals surface area contributed by atoms with Crippen molar-refractivity contribution in [2.45, 2.75) is 37.5 Å². The molecule has 6 heteroatoms. The Morgan fingerprint density at radius 2 is 1.53 bits per heavy atom. The first-order valence-corrected chi connectivity index (χ1v) is 10.9. The van der Waals surface area contributed by atoms with Gasteiger partial charge >= 0.3 is 11.9 Å². The van der Waals surface area contributed by atoms with Crippen molar-refractivity contribution in [2.75, 3.05) is 26.4 Å². The molecule has 0 radical (unpaired) electrons. The van der Waals surface area contributed by atoms with E-state index in [2.05, 4.69) is 20.1 Å². The molecule has 0 aromatic heterocycles. The van der Waals surface area contributed by atoms with Crippen molar-refractivity contribution < 1.29 is 28.5 Å². The van der Waals surface area contributed by atoms with E-state index in [1.54, 1.807) is 0 Å². The number of carbonyl (C=O) groups excluding carboxylic acids is 2. The van der Waals surface area contributed by atoms with Crippen molar-refractivity contribution in [1.29, 1.82) is 0 Å². The average Bonchev–Trinajstić information content (AvgIpc) is 3.34. The summed E-state index contributed by atoms with van der Waals surface area (Å²) in [5.74, 6) is 1.18. The molecule has 2 atom stereocenters. The lowest BCUT2D eigenvalue weighted by atomic mass is 9.79. The molecule has 0 spiro atoms. The molecule has 0 amide bonds. The van der Waals surface area contributed by atoms with Gasteiger partial charge in [-0.15, -0.1) is 0 Å². The summed E-state index contributed by atoms with van der Waals surface area (Å²) < 4.78 is 22.7. The molecule has 2 aliphatic carbocycles. The fourth-order valence-electron chi connectivity index (χ4n) is 5.09. The number of carbonyl (C=O) groups is 2. The maximum Gasteiger partial charge on any atom is 0.330 e. The fraction of sp³-hybridized carbons (Fsp3) is 0.385. The summed E-state index contributed by atoms with van der Waals surface area (Å²) in [5, 5.41) is 1.93. The lowest BCUT2D eigenvalue weighted by molar-refractivity contribution is -0.139. The number of hydrogen-bond donors (Lipinski definition) is 0. The summed E-state index contributed by atoms with van der Waals surface area (Å²) in [6.45, 7) is 9.94. The molecule has 2 aliphatic rings. The van der Waals surface area contributed by atoms with Gasteiger partial charge in [-0.05, 0) is 30.6 Å². The van der Waals surface area contributed by atoms with Crippen LogP contribution in [0.2, 0.25) is 0 Å². The van der Waals surface area contributed by atoms with Crippen LogP contribution in [0.4, 0.5) is 0 Å². The number of rotatable bonds is 10. The highest BCUT2D eigenvalue weighted by atomic mass is 16.6. The lowest BCUT2D eigenvalue weighted by Gasteiger charge is -2.30. The van der Waals surface area contributed by atoms with Gasteiger partial charge in [0, 0.05) is 34.1 Å². The van der Waals surface area contributed by atoms with E-state index in [9.17, 15) is 9.59 Å². The SMILES string of the molecule is C=CC(=O)OCCOc1c2c(c(OCCOC(=O)C=C)c3ccccc13)C1(C)CCC2C1. The second-order valence-electron chi connectivity index (χ2n) is 8.43. The third-order valence-corrected chi connectivity index (χ3v) is 6.39. The van der Waals surface area contributed by atoms with E-state index in [0.717, 1.165) is 53.7 Å². The maximum atomic E-state index is 11.4. The van der Waals surface area contributed by atoms with Crippen molar-refractivity contribution >= 4 is 22.7 Å². The highest BCUT2D eigenvalue weighted by molar-refractivity contribution is 5.97. The number of ether oxygens (including phenoxy) is 4. The summed E-state index contributed by atoms with van der Waals surface area (Å²) in [6, 6.07) is 8.01. The van der Waals surface area contributed by atoms with E-state index in [0.29, 0.717) is 5.92 Å². The minimum atomic E-state index is -0.462. The Hall–Kier alpha value is -3.28. The number of fused-ring (bicyclic) bond motifs is 6. The molecule has 6 nitrogen and oxygen atoms in total. The maximum absolute atomic E-state index is 11.4.